The number of anilines is 1. The summed E-state index contributed by atoms with van der Waals surface area (Å²) in [6.07, 6.45) is 0. The van der Waals surface area contributed by atoms with Crippen LogP contribution in [0.1, 0.15) is 11.1 Å². The van der Waals surface area contributed by atoms with Gasteiger partial charge in [0.2, 0.25) is 0 Å². The fourth-order valence-corrected chi connectivity index (χ4v) is 2.41. The number of rotatable bonds is 3. The Kier molecular flexibility index (Phi) is 4.55. The summed E-state index contributed by atoms with van der Waals surface area (Å²) in [6.45, 7) is 2.79. The molecule has 2 aromatic rings. The minimum atomic E-state index is 0.533. The molecule has 0 spiro atoms. The van der Waals surface area contributed by atoms with Crippen LogP contribution in [0.4, 0.5) is 5.69 Å². The normalized spacial score (nSPS) is 10.4. The first-order chi connectivity index (χ1) is 8.58. The van der Waals surface area contributed by atoms with E-state index in [0.717, 1.165) is 16.7 Å². The van der Waals surface area contributed by atoms with Crippen molar-refractivity contribution in [3.8, 4) is 0 Å². The molecule has 0 amide bonds. The van der Waals surface area contributed by atoms with E-state index in [2.05, 4.69) is 52.4 Å². The van der Waals surface area contributed by atoms with Crippen LogP contribution in [0.3, 0.4) is 0 Å². The highest BCUT2D eigenvalue weighted by atomic mass is 79.9. The van der Waals surface area contributed by atoms with E-state index in [1.165, 1.54) is 11.1 Å². The van der Waals surface area contributed by atoms with Crippen LogP contribution in [0.25, 0.3) is 0 Å². The Labute approximate surface area is 125 Å². The number of hydrogen-bond acceptors (Lipinski definition) is 1. The lowest BCUT2D eigenvalue weighted by Crippen LogP contribution is -2.00. The number of hydrogen-bond donors (Lipinski definition) is 1. The van der Waals surface area contributed by atoms with Crippen molar-refractivity contribution < 1.29 is 0 Å². The Morgan fingerprint density at radius 1 is 1.00 bits per heavy atom. The summed E-state index contributed by atoms with van der Waals surface area (Å²) in [5, 5.41) is 4.35. The topological polar surface area (TPSA) is 12.0 Å². The highest BCUT2D eigenvalue weighted by Crippen LogP contribution is 2.35. The monoisotopic (exact) mass is 343 g/mol. The van der Waals surface area contributed by atoms with Crippen LogP contribution < -0.4 is 5.32 Å². The molecule has 0 aliphatic carbocycles. The van der Waals surface area contributed by atoms with Gasteiger partial charge in [-0.2, -0.15) is 0 Å². The van der Waals surface area contributed by atoms with E-state index in [9.17, 15) is 0 Å². The van der Waals surface area contributed by atoms with Crippen molar-refractivity contribution >= 4 is 44.8 Å². The second kappa shape index (κ2) is 5.96. The Balaban J connectivity index is 2.11. The van der Waals surface area contributed by atoms with Crippen molar-refractivity contribution in [3.63, 3.8) is 0 Å². The standard InChI is InChI=1S/C14H12BrCl2N/c1-9-2-4-10(5-3-9)8-18-12-7-6-11(15)13(16)14(12)17/h2-7,18H,8H2,1H3. The van der Waals surface area contributed by atoms with Crippen molar-refractivity contribution in [2.45, 2.75) is 13.5 Å². The number of aryl methyl sites for hydroxylation is 1. The third kappa shape index (κ3) is 3.19. The van der Waals surface area contributed by atoms with Crippen LogP contribution >= 0.6 is 39.1 Å². The van der Waals surface area contributed by atoms with Gasteiger partial charge in [-0.15, -0.1) is 0 Å². The zero-order valence-corrected chi connectivity index (χ0v) is 12.9. The third-order valence-corrected chi connectivity index (χ3v) is 4.41. The van der Waals surface area contributed by atoms with Crippen molar-refractivity contribution in [1.82, 2.24) is 0 Å². The lowest BCUT2D eigenvalue weighted by atomic mass is 10.1. The average Bonchev–Trinajstić information content (AvgIpc) is 2.37. The van der Waals surface area contributed by atoms with Crippen molar-refractivity contribution in [3.05, 3.63) is 62.0 Å². The van der Waals surface area contributed by atoms with Gasteiger partial charge in [0.15, 0.2) is 0 Å². The molecule has 0 atom stereocenters. The Bertz CT molecular complexity index is 552. The molecule has 0 saturated carbocycles. The van der Waals surface area contributed by atoms with Gasteiger partial charge in [0.05, 0.1) is 15.7 Å². The van der Waals surface area contributed by atoms with Gasteiger partial charge in [-0.1, -0.05) is 53.0 Å². The zero-order chi connectivity index (χ0) is 13.1. The lowest BCUT2D eigenvalue weighted by Gasteiger charge is -2.10. The highest BCUT2D eigenvalue weighted by molar-refractivity contribution is 9.10. The van der Waals surface area contributed by atoms with E-state index in [-0.39, 0.29) is 0 Å². The average molecular weight is 345 g/mol. The molecule has 0 aliphatic rings. The van der Waals surface area contributed by atoms with Crippen LogP contribution in [0.5, 0.6) is 0 Å². The summed E-state index contributed by atoms with van der Waals surface area (Å²) >= 11 is 15.6. The first kappa shape index (κ1) is 13.7. The maximum Gasteiger partial charge on any atom is 0.0835 e. The van der Waals surface area contributed by atoms with E-state index >= 15 is 0 Å². The molecule has 0 heterocycles. The second-order valence-electron chi connectivity index (χ2n) is 4.06. The largest absolute Gasteiger partial charge is 0.380 e. The first-order valence-corrected chi connectivity index (χ1v) is 7.06. The molecule has 0 aliphatic heterocycles. The fraction of sp³-hybridized carbons (Fsp3) is 0.143. The molecule has 2 rings (SSSR count). The molecule has 1 nitrogen and oxygen atoms in total. The molecule has 1 N–H and O–H groups in total. The van der Waals surface area contributed by atoms with E-state index in [0.29, 0.717) is 10.0 Å². The maximum absolute atomic E-state index is 6.17. The fourth-order valence-electron chi connectivity index (χ4n) is 1.57. The van der Waals surface area contributed by atoms with Gasteiger partial charge in [0.1, 0.15) is 0 Å². The van der Waals surface area contributed by atoms with Gasteiger partial charge in [-0.25, -0.2) is 0 Å². The van der Waals surface area contributed by atoms with Crippen LogP contribution in [-0.2, 0) is 6.54 Å². The van der Waals surface area contributed by atoms with Gasteiger partial charge in [0.25, 0.3) is 0 Å². The third-order valence-electron chi connectivity index (χ3n) is 2.64. The van der Waals surface area contributed by atoms with Gasteiger partial charge in [-0.05, 0) is 40.5 Å². The molecule has 94 valence electrons. The number of nitrogens with one attached hydrogen (secondary N) is 1. The molecule has 0 radical (unpaired) electrons. The molecular weight excluding hydrogens is 333 g/mol. The highest BCUT2D eigenvalue weighted by Gasteiger charge is 2.07. The van der Waals surface area contributed by atoms with Crippen LogP contribution in [0.15, 0.2) is 40.9 Å². The van der Waals surface area contributed by atoms with E-state index in [1.54, 1.807) is 0 Å². The zero-order valence-electron chi connectivity index (χ0n) is 9.81. The molecule has 2 aromatic carbocycles. The predicted molar refractivity (Wildman–Crippen MR) is 82.7 cm³/mol. The molecule has 0 aromatic heterocycles. The molecular formula is C14H12BrCl2N. The van der Waals surface area contributed by atoms with E-state index < -0.39 is 0 Å². The van der Waals surface area contributed by atoms with Gasteiger partial charge >= 0.3 is 0 Å². The number of halogens is 3. The smallest absolute Gasteiger partial charge is 0.0835 e. The summed E-state index contributed by atoms with van der Waals surface area (Å²) in [6, 6.07) is 12.2. The van der Waals surface area contributed by atoms with Gasteiger partial charge in [-0.3, -0.25) is 0 Å². The summed E-state index contributed by atoms with van der Waals surface area (Å²) in [4.78, 5) is 0. The van der Waals surface area contributed by atoms with Crippen LogP contribution in [0, 0.1) is 6.92 Å². The summed E-state index contributed by atoms with van der Waals surface area (Å²) < 4.78 is 0.801. The Hall–Kier alpha value is -0.700. The quantitative estimate of drug-likeness (QED) is 0.706. The minimum Gasteiger partial charge on any atom is -0.380 e. The SMILES string of the molecule is Cc1ccc(CNc2ccc(Br)c(Cl)c2Cl)cc1. The maximum atomic E-state index is 6.17. The summed E-state index contributed by atoms with van der Waals surface area (Å²) in [5.74, 6) is 0. The molecule has 0 unspecified atom stereocenters. The molecule has 0 saturated heterocycles. The van der Waals surface area contributed by atoms with Crippen LogP contribution in [-0.4, -0.2) is 0 Å². The van der Waals surface area contributed by atoms with Crippen molar-refractivity contribution in [2.24, 2.45) is 0 Å². The first-order valence-electron chi connectivity index (χ1n) is 5.51. The van der Waals surface area contributed by atoms with Crippen molar-refractivity contribution in [2.75, 3.05) is 5.32 Å². The van der Waals surface area contributed by atoms with E-state index in [1.807, 2.05) is 12.1 Å². The van der Waals surface area contributed by atoms with Crippen molar-refractivity contribution in [1.29, 1.82) is 0 Å². The lowest BCUT2D eigenvalue weighted by molar-refractivity contribution is 1.14. The van der Waals surface area contributed by atoms with Crippen LogP contribution in [0.2, 0.25) is 10.0 Å². The van der Waals surface area contributed by atoms with Gasteiger partial charge < -0.3 is 5.32 Å². The Morgan fingerprint density at radius 2 is 1.67 bits per heavy atom. The van der Waals surface area contributed by atoms with Gasteiger partial charge in [0, 0.05) is 11.0 Å². The minimum absolute atomic E-state index is 0.533. The summed E-state index contributed by atoms with van der Waals surface area (Å²) in [5.41, 5.74) is 3.30. The summed E-state index contributed by atoms with van der Waals surface area (Å²) in [7, 11) is 0. The molecule has 18 heavy (non-hydrogen) atoms. The van der Waals surface area contributed by atoms with E-state index in [4.69, 9.17) is 23.2 Å². The predicted octanol–water partition coefficient (Wildman–Crippen LogP) is 5.68. The molecule has 0 fully saturated rings. The second-order valence-corrected chi connectivity index (χ2v) is 5.67. The molecule has 0 bridgehead atoms. The molecule has 4 heteroatoms. The number of benzene rings is 2. The Morgan fingerprint density at radius 3 is 2.33 bits per heavy atom.